The Balaban J connectivity index is 2.83. The molecule has 3 N–H and O–H groups in total. The van der Waals surface area contributed by atoms with Crippen molar-refractivity contribution >= 4 is 11.7 Å². The molecule has 0 aromatic heterocycles. The van der Waals surface area contributed by atoms with Crippen molar-refractivity contribution in [3.05, 3.63) is 0 Å². The summed E-state index contributed by atoms with van der Waals surface area (Å²) in [6.07, 6.45) is 7.43. The van der Waals surface area contributed by atoms with Gasteiger partial charge in [0.05, 0.1) is 0 Å². The highest BCUT2D eigenvalue weighted by Crippen LogP contribution is 2.66. The van der Waals surface area contributed by atoms with E-state index in [1.807, 2.05) is 6.92 Å². The Labute approximate surface area is 117 Å². The number of primary amides is 1. The van der Waals surface area contributed by atoms with Crippen LogP contribution >= 0.6 is 0 Å². The first-order valence-corrected chi connectivity index (χ1v) is 7.63. The largest absolute Gasteiger partial charge is 0.350 e. The van der Waals surface area contributed by atoms with Gasteiger partial charge < -0.3 is 5.73 Å². The predicted octanol–water partition coefficient (Wildman–Crippen LogP) is 3.66. The van der Waals surface area contributed by atoms with E-state index in [9.17, 15) is 4.79 Å². The zero-order valence-corrected chi connectivity index (χ0v) is 12.8. The lowest BCUT2D eigenvalue weighted by atomic mass is 9.89. The first-order valence-electron chi connectivity index (χ1n) is 7.63. The summed E-state index contributed by atoms with van der Waals surface area (Å²) in [5.74, 6) is 1.26. The Morgan fingerprint density at radius 2 is 1.79 bits per heavy atom. The average Bonchev–Trinajstić information content (AvgIpc) is 2.95. The fourth-order valence-electron chi connectivity index (χ4n) is 4.00. The molecule has 0 aromatic rings. The number of urea groups is 1. The fraction of sp³-hybridized carbons (Fsp3) is 0.867. The number of rotatable bonds is 8. The number of nitrogens with zero attached hydrogens (tertiary/aromatic N) is 1. The van der Waals surface area contributed by atoms with Crippen LogP contribution in [0.5, 0.6) is 0 Å². The van der Waals surface area contributed by atoms with E-state index >= 15 is 0 Å². The summed E-state index contributed by atoms with van der Waals surface area (Å²) in [5, 5.41) is 4.17. The van der Waals surface area contributed by atoms with Gasteiger partial charge in [-0.1, -0.05) is 40.0 Å². The van der Waals surface area contributed by atoms with Crippen molar-refractivity contribution < 1.29 is 4.79 Å². The van der Waals surface area contributed by atoms with Gasteiger partial charge in [0.15, 0.2) is 0 Å². The molecule has 0 radical (unpaired) electrons. The molecule has 1 fully saturated rings. The normalized spacial score (nSPS) is 25.2. The van der Waals surface area contributed by atoms with Crippen LogP contribution in [0, 0.1) is 17.3 Å². The third kappa shape index (κ3) is 3.48. The van der Waals surface area contributed by atoms with Crippen molar-refractivity contribution in [2.45, 2.75) is 66.2 Å². The number of hydrogen-bond acceptors (Lipinski definition) is 2. The van der Waals surface area contributed by atoms with Crippen LogP contribution in [0.1, 0.15) is 66.2 Å². The third-order valence-electron chi connectivity index (χ3n) is 4.47. The van der Waals surface area contributed by atoms with Crippen LogP contribution in [0.3, 0.4) is 0 Å². The summed E-state index contributed by atoms with van der Waals surface area (Å²) in [6.45, 7) is 8.77. The molecular weight excluding hydrogens is 238 g/mol. The van der Waals surface area contributed by atoms with Gasteiger partial charge in [0.2, 0.25) is 0 Å². The Morgan fingerprint density at radius 3 is 2.21 bits per heavy atom. The van der Waals surface area contributed by atoms with Crippen molar-refractivity contribution in [1.82, 2.24) is 5.43 Å². The lowest BCUT2D eigenvalue weighted by molar-refractivity contribution is 0.249. The molecule has 0 unspecified atom stereocenters. The van der Waals surface area contributed by atoms with Gasteiger partial charge in [-0.15, -0.1) is 0 Å². The van der Waals surface area contributed by atoms with E-state index in [0.717, 1.165) is 11.6 Å². The Kier molecular flexibility index (Phi) is 5.83. The van der Waals surface area contributed by atoms with Gasteiger partial charge >= 0.3 is 6.03 Å². The molecule has 1 saturated carbocycles. The van der Waals surface area contributed by atoms with Crippen LogP contribution in [0.15, 0.2) is 5.10 Å². The quantitative estimate of drug-likeness (QED) is 0.511. The Bertz CT molecular complexity index is 332. The van der Waals surface area contributed by atoms with Gasteiger partial charge in [-0.3, -0.25) is 0 Å². The highest BCUT2D eigenvalue weighted by molar-refractivity contribution is 5.89. The van der Waals surface area contributed by atoms with Crippen LogP contribution in [-0.2, 0) is 0 Å². The number of nitrogens with one attached hydrogen (secondary N) is 1. The molecule has 0 heterocycles. The van der Waals surface area contributed by atoms with Crippen molar-refractivity contribution in [2.75, 3.05) is 0 Å². The SMILES string of the molecule is CCC[C@@H]1[C@H](/C(C)=N/NC(N)=O)C1(CCC)CCC. The second-order valence-corrected chi connectivity index (χ2v) is 5.84. The van der Waals surface area contributed by atoms with E-state index in [1.165, 1.54) is 38.5 Å². The van der Waals surface area contributed by atoms with Gasteiger partial charge in [0, 0.05) is 11.6 Å². The number of hydrazone groups is 1. The standard InChI is InChI=1S/C15H29N3O/c1-5-8-12-13(11(4)17-18-14(16)19)15(12,9-6-2)10-7-3/h12-13H,5-10H2,1-4H3,(H3,16,18,19)/b17-11+/t12-,13+/m1/s1. The van der Waals surface area contributed by atoms with E-state index in [2.05, 4.69) is 31.3 Å². The molecule has 0 aromatic carbocycles. The maximum Gasteiger partial charge on any atom is 0.332 e. The lowest BCUT2D eigenvalue weighted by Gasteiger charge is -2.16. The minimum Gasteiger partial charge on any atom is -0.350 e. The minimum absolute atomic E-state index is 0.423. The molecule has 4 heteroatoms. The van der Waals surface area contributed by atoms with E-state index in [4.69, 9.17) is 5.73 Å². The zero-order chi connectivity index (χ0) is 14.5. The highest BCUT2D eigenvalue weighted by Gasteiger charge is 2.62. The van der Waals surface area contributed by atoms with Crippen molar-refractivity contribution in [1.29, 1.82) is 0 Å². The van der Waals surface area contributed by atoms with Crippen molar-refractivity contribution in [2.24, 2.45) is 28.1 Å². The van der Waals surface area contributed by atoms with Gasteiger partial charge in [-0.25, -0.2) is 10.2 Å². The van der Waals surface area contributed by atoms with Crippen LogP contribution in [0.2, 0.25) is 0 Å². The molecule has 4 nitrogen and oxygen atoms in total. The second-order valence-electron chi connectivity index (χ2n) is 5.84. The summed E-state index contributed by atoms with van der Waals surface area (Å²) in [5.41, 5.74) is 8.92. The average molecular weight is 267 g/mol. The van der Waals surface area contributed by atoms with Gasteiger partial charge in [-0.2, -0.15) is 5.10 Å². The second kappa shape index (κ2) is 6.92. The van der Waals surface area contributed by atoms with E-state index in [-0.39, 0.29) is 0 Å². The molecule has 0 spiro atoms. The Hall–Kier alpha value is -1.06. The van der Waals surface area contributed by atoms with Crippen LogP contribution in [-0.4, -0.2) is 11.7 Å². The van der Waals surface area contributed by atoms with Crippen molar-refractivity contribution in [3.63, 3.8) is 0 Å². The summed E-state index contributed by atoms with van der Waals surface area (Å²) in [7, 11) is 0. The molecule has 2 atom stereocenters. The van der Waals surface area contributed by atoms with E-state index in [0.29, 0.717) is 11.3 Å². The van der Waals surface area contributed by atoms with Crippen LogP contribution < -0.4 is 11.2 Å². The monoisotopic (exact) mass is 267 g/mol. The van der Waals surface area contributed by atoms with Gasteiger partial charge in [-0.05, 0) is 37.5 Å². The smallest absolute Gasteiger partial charge is 0.332 e. The van der Waals surface area contributed by atoms with Crippen LogP contribution in [0.4, 0.5) is 4.79 Å². The Morgan fingerprint density at radius 1 is 1.21 bits per heavy atom. The summed E-state index contributed by atoms with van der Waals surface area (Å²) in [6, 6.07) is -0.580. The summed E-state index contributed by atoms with van der Waals surface area (Å²) in [4.78, 5) is 10.8. The van der Waals surface area contributed by atoms with E-state index in [1.54, 1.807) is 0 Å². The molecule has 1 rings (SSSR count). The topological polar surface area (TPSA) is 67.5 Å². The zero-order valence-electron chi connectivity index (χ0n) is 12.8. The molecule has 19 heavy (non-hydrogen) atoms. The first kappa shape index (κ1) is 16.0. The summed E-state index contributed by atoms with van der Waals surface area (Å²) < 4.78 is 0. The molecule has 110 valence electrons. The maximum absolute atomic E-state index is 10.8. The van der Waals surface area contributed by atoms with E-state index < -0.39 is 6.03 Å². The highest BCUT2D eigenvalue weighted by atomic mass is 16.2. The minimum atomic E-state index is -0.580. The van der Waals surface area contributed by atoms with Crippen molar-refractivity contribution in [3.8, 4) is 0 Å². The maximum atomic E-state index is 10.8. The number of amides is 2. The first-order chi connectivity index (χ1) is 9.03. The molecule has 1 aliphatic rings. The van der Waals surface area contributed by atoms with Crippen LogP contribution in [0.25, 0.3) is 0 Å². The fourth-order valence-corrected chi connectivity index (χ4v) is 4.00. The number of carbonyl (C=O) groups excluding carboxylic acids is 1. The van der Waals surface area contributed by atoms with Gasteiger partial charge in [0.25, 0.3) is 0 Å². The molecule has 0 aliphatic heterocycles. The number of hydrogen-bond donors (Lipinski definition) is 2. The number of nitrogens with two attached hydrogens (primary N) is 1. The lowest BCUT2D eigenvalue weighted by Crippen LogP contribution is -2.26. The predicted molar refractivity (Wildman–Crippen MR) is 80.0 cm³/mol. The third-order valence-corrected chi connectivity index (χ3v) is 4.47. The molecule has 1 aliphatic carbocycles. The molecular formula is C15H29N3O. The molecule has 0 bridgehead atoms. The summed E-state index contributed by atoms with van der Waals surface area (Å²) >= 11 is 0. The van der Waals surface area contributed by atoms with Gasteiger partial charge in [0.1, 0.15) is 0 Å². The number of carbonyl (C=O) groups is 1. The molecule has 0 saturated heterocycles. The molecule has 2 amide bonds.